The molecule has 24 heavy (non-hydrogen) atoms. The molecule has 0 spiro atoms. The van der Waals surface area contributed by atoms with Gasteiger partial charge in [0.2, 0.25) is 11.8 Å². The van der Waals surface area contributed by atoms with Crippen LogP contribution in [0.2, 0.25) is 0 Å². The van der Waals surface area contributed by atoms with E-state index in [4.69, 9.17) is 5.73 Å². The Balaban J connectivity index is 2.09. The van der Waals surface area contributed by atoms with Crippen LogP contribution in [0.1, 0.15) is 17.3 Å². The molecule has 0 saturated heterocycles. The highest BCUT2D eigenvalue weighted by Gasteiger charge is 2.18. The molecule has 0 aliphatic carbocycles. The van der Waals surface area contributed by atoms with Crippen LogP contribution in [0.5, 0.6) is 0 Å². The molecule has 1 atom stereocenters. The molecule has 2 rings (SSSR count). The van der Waals surface area contributed by atoms with Crippen molar-refractivity contribution >= 4 is 11.8 Å². The minimum atomic E-state index is -0.272. The minimum Gasteiger partial charge on any atom is -0.347 e. The molecule has 6 heteroatoms. The standard InChI is InChI=1S/C18H22N4O2/c1-22(18(24)12-19)13-17(23)21-16(14-7-3-2-4-8-14)11-15-9-5-6-10-20-15/h2-10,16H,11-13,19H2,1H3,(H,21,23). The second-order valence-electron chi connectivity index (χ2n) is 5.51. The fourth-order valence-electron chi connectivity index (χ4n) is 2.36. The molecular weight excluding hydrogens is 304 g/mol. The van der Waals surface area contributed by atoms with Crippen LogP contribution in [0.25, 0.3) is 0 Å². The Hall–Kier alpha value is -2.73. The smallest absolute Gasteiger partial charge is 0.240 e. The average Bonchev–Trinajstić information content (AvgIpc) is 2.62. The summed E-state index contributed by atoms with van der Waals surface area (Å²) in [7, 11) is 1.56. The number of hydrogen-bond acceptors (Lipinski definition) is 4. The van der Waals surface area contributed by atoms with E-state index in [-0.39, 0.29) is 30.9 Å². The van der Waals surface area contributed by atoms with E-state index in [1.165, 1.54) is 4.90 Å². The maximum atomic E-state index is 12.3. The quantitative estimate of drug-likeness (QED) is 0.791. The van der Waals surface area contributed by atoms with Gasteiger partial charge in [0.05, 0.1) is 19.1 Å². The molecule has 1 aromatic heterocycles. The van der Waals surface area contributed by atoms with Gasteiger partial charge in [0.1, 0.15) is 0 Å². The number of nitrogens with one attached hydrogen (secondary N) is 1. The third kappa shape index (κ3) is 5.17. The van der Waals surface area contributed by atoms with E-state index in [9.17, 15) is 9.59 Å². The summed E-state index contributed by atoms with van der Waals surface area (Å²) in [6.07, 6.45) is 2.30. The fourth-order valence-corrected chi connectivity index (χ4v) is 2.36. The number of benzene rings is 1. The van der Waals surface area contributed by atoms with Crippen molar-refractivity contribution in [2.45, 2.75) is 12.5 Å². The van der Waals surface area contributed by atoms with Crippen molar-refractivity contribution in [3.8, 4) is 0 Å². The highest BCUT2D eigenvalue weighted by Crippen LogP contribution is 2.17. The zero-order valence-corrected chi connectivity index (χ0v) is 13.7. The molecule has 3 N–H and O–H groups in total. The van der Waals surface area contributed by atoms with Gasteiger partial charge >= 0.3 is 0 Å². The van der Waals surface area contributed by atoms with Crippen LogP contribution in [0.15, 0.2) is 54.7 Å². The molecule has 0 bridgehead atoms. The van der Waals surface area contributed by atoms with E-state index in [1.54, 1.807) is 13.2 Å². The van der Waals surface area contributed by atoms with Crippen molar-refractivity contribution in [1.29, 1.82) is 0 Å². The first-order valence-corrected chi connectivity index (χ1v) is 7.78. The lowest BCUT2D eigenvalue weighted by molar-refractivity contribution is -0.133. The molecule has 0 saturated carbocycles. The van der Waals surface area contributed by atoms with Gasteiger partial charge in [0, 0.05) is 25.4 Å². The van der Waals surface area contributed by atoms with Crippen LogP contribution in [0.3, 0.4) is 0 Å². The van der Waals surface area contributed by atoms with Crippen molar-refractivity contribution in [2.24, 2.45) is 5.73 Å². The SMILES string of the molecule is CN(CC(=O)NC(Cc1ccccn1)c1ccccc1)C(=O)CN. The van der Waals surface area contributed by atoms with E-state index >= 15 is 0 Å². The third-order valence-corrected chi connectivity index (χ3v) is 3.66. The molecular formula is C18H22N4O2. The number of aromatic nitrogens is 1. The van der Waals surface area contributed by atoms with Crippen molar-refractivity contribution in [1.82, 2.24) is 15.2 Å². The second-order valence-corrected chi connectivity index (χ2v) is 5.51. The molecule has 1 aromatic carbocycles. The van der Waals surface area contributed by atoms with Crippen LogP contribution in [0.4, 0.5) is 0 Å². The molecule has 1 unspecified atom stereocenters. The van der Waals surface area contributed by atoms with Gasteiger partial charge < -0.3 is 16.0 Å². The van der Waals surface area contributed by atoms with Crippen molar-refractivity contribution < 1.29 is 9.59 Å². The number of carbonyl (C=O) groups excluding carboxylic acids is 2. The van der Waals surface area contributed by atoms with Gasteiger partial charge in [-0.15, -0.1) is 0 Å². The number of amides is 2. The van der Waals surface area contributed by atoms with Gasteiger partial charge in [-0.2, -0.15) is 0 Å². The lowest BCUT2D eigenvalue weighted by Gasteiger charge is -2.21. The van der Waals surface area contributed by atoms with Crippen molar-refractivity contribution in [3.05, 3.63) is 66.0 Å². The molecule has 2 aromatic rings. The molecule has 0 radical (unpaired) electrons. The third-order valence-electron chi connectivity index (χ3n) is 3.66. The molecule has 1 heterocycles. The van der Waals surface area contributed by atoms with Gasteiger partial charge in [0.25, 0.3) is 0 Å². The Morgan fingerprint density at radius 1 is 1.17 bits per heavy atom. The number of carbonyl (C=O) groups is 2. The summed E-state index contributed by atoms with van der Waals surface area (Å²) >= 11 is 0. The van der Waals surface area contributed by atoms with Crippen LogP contribution >= 0.6 is 0 Å². The summed E-state index contributed by atoms with van der Waals surface area (Å²) in [5.41, 5.74) is 7.19. The molecule has 0 aliphatic rings. The second kappa shape index (κ2) is 8.79. The monoisotopic (exact) mass is 326 g/mol. The predicted octanol–water partition coefficient (Wildman–Crippen LogP) is 0.899. The largest absolute Gasteiger partial charge is 0.347 e. The average molecular weight is 326 g/mol. The van der Waals surface area contributed by atoms with Gasteiger partial charge in [-0.1, -0.05) is 36.4 Å². The Bertz CT molecular complexity index is 661. The van der Waals surface area contributed by atoms with E-state index < -0.39 is 0 Å². The number of nitrogens with zero attached hydrogens (tertiary/aromatic N) is 2. The summed E-state index contributed by atoms with van der Waals surface area (Å²) < 4.78 is 0. The number of rotatable bonds is 7. The predicted molar refractivity (Wildman–Crippen MR) is 92.0 cm³/mol. The summed E-state index contributed by atoms with van der Waals surface area (Å²) in [5.74, 6) is -0.504. The van der Waals surface area contributed by atoms with E-state index in [1.807, 2.05) is 48.5 Å². The Morgan fingerprint density at radius 3 is 2.50 bits per heavy atom. The summed E-state index contributed by atoms with van der Waals surface area (Å²) in [4.78, 5) is 29.4. The van der Waals surface area contributed by atoms with Crippen LogP contribution in [-0.2, 0) is 16.0 Å². The Morgan fingerprint density at radius 2 is 1.88 bits per heavy atom. The molecule has 126 valence electrons. The van der Waals surface area contributed by atoms with E-state index in [0.29, 0.717) is 6.42 Å². The summed E-state index contributed by atoms with van der Waals surface area (Å²) in [5, 5.41) is 2.98. The van der Waals surface area contributed by atoms with Crippen LogP contribution < -0.4 is 11.1 Å². The summed E-state index contributed by atoms with van der Waals surface area (Å²) in [6.45, 7) is -0.137. The van der Waals surface area contributed by atoms with Crippen LogP contribution in [0, 0.1) is 0 Å². The fraction of sp³-hybridized carbons (Fsp3) is 0.278. The topological polar surface area (TPSA) is 88.3 Å². The zero-order valence-electron chi connectivity index (χ0n) is 13.7. The highest BCUT2D eigenvalue weighted by molar-refractivity contribution is 5.85. The van der Waals surface area contributed by atoms with Crippen molar-refractivity contribution in [2.75, 3.05) is 20.1 Å². The highest BCUT2D eigenvalue weighted by atomic mass is 16.2. The summed E-state index contributed by atoms with van der Waals surface area (Å²) in [6, 6.07) is 15.2. The van der Waals surface area contributed by atoms with Crippen LogP contribution in [-0.4, -0.2) is 41.8 Å². The maximum absolute atomic E-state index is 12.3. The van der Waals surface area contributed by atoms with Gasteiger partial charge in [-0.3, -0.25) is 14.6 Å². The number of nitrogens with two attached hydrogens (primary N) is 1. The first kappa shape index (κ1) is 17.6. The Labute approximate surface area is 141 Å². The number of likely N-dealkylation sites (N-methyl/N-ethyl adjacent to an activating group) is 1. The zero-order chi connectivity index (χ0) is 17.4. The maximum Gasteiger partial charge on any atom is 0.240 e. The normalized spacial score (nSPS) is 11.6. The minimum absolute atomic E-state index is 0.0262. The lowest BCUT2D eigenvalue weighted by Crippen LogP contribution is -2.42. The molecule has 6 nitrogen and oxygen atoms in total. The van der Waals surface area contributed by atoms with Gasteiger partial charge in [-0.05, 0) is 17.7 Å². The number of hydrogen-bond donors (Lipinski definition) is 2. The molecule has 0 fully saturated rings. The lowest BCUT2D eigenvalue weighted by atomic mass is 10.0. The first-order valence-electron chi connectivity index (χ1n) is 7.78. The van der Waals surface area contributed by atoms with Crippen molar-refractivity contribution in [3.63, 3.8) is 0 Å². The molecule has 0 aliphatic heterocycles. The molecule has 2 amide bonds. The number of pyridine rings is 1. The van der Waals surface area contributed by atoms with Gasteiger partial charge in [0.15, 0.2) is 0 Å². The van der Waals surface area contributed by atoms with E-state index in [0.717, 1.165) is 11.3 Å². The Kier molecular flexibility index (Phi) is 6.45. The van der Waals surface area contributed by atoms with Gasteiger partial charge in [-0.25, -0.2) is 0 Å². The van der Waals surface area contributed by atoms with E-state index in [2.05, 4.69) is 10.3 Å². The first-order chi connectivity index (χ1) is 11.6.